The molecule has 0 radical (unpaired) electrons. The lowest BCUT2D eigenvalue weighted by molar-refractivity contribution is 0.0953. The second-order valence-electron chi connectivity index (χ2n) is 4.81. The summed E-state index contributed by atoms with van der Waals surface area (Å²) in [5, 5.41) is 2.86. The molecule has 0 aliphatic carbocycles. The molecule has 0 saturated carbocycles. The molecule has 0 aliphatic heterocycles. The first-order valence-electron chi connectivity index (χ1n) is 6.70. The summed E-state index contributed by atoms with van der Waals surface area (Å²) >= 11 is 0. The maximum Gasteiger partial charge on any atom is 0.251 e. The van der Waals surface area contributed by atoms with Crippen molar-refractivity contribution < 1.29 is 9.18 Å². The van der Waals surface area contributed by atoms with E-state index in [1.54, 1.807) is 24.3 Å². The van der Waals surface area contributed by atoms with Gasteiger partial charge in [0.1, 0.15) is 5.82 Å². The van der Waals surface area contributed by atoms with Gasteiger partial charge in [-0.1, -0.05) is 12.1 Å². The topological polar surface area (TPSA) is 67.1 Å². The minimum Gasteiger partial charge on any atom is -0.352 e. The number of hydrogen-bond acceptors (Lipinski definition) is 3. The van der Waals surface area contributed by atoms with Gasteiger partial charge in [-0.3, -0.25) is 10.6 Å². The summed E-state index contributed by atoms with van der Waals surface area (Å²) in [6, 6.07) is 11.6. The van der Waals surface area contributed by atoms with E-state index in [1.165, 1.54) is 12.1 Å². The van der Waals surface area contributed by atoms with Crippen LogP contribution in [0.15, 0.2) is 42.5 Å². The van der Waals surface area contributed by atoms with Crippen LogP contribution in [0.1, 0.15) is 21.5 Å². The Hall–Kier alpha value is -2.40. The Morgan fingerprint density at radius 2 is 1.90 bits per heavy atom. The van der Waals surface area contributed by atoms with E-state index in [-0.39, 0.29) is 11.7 Å². The van der Waals surface area contributed by atoms with E-state index < -0.39 is 0 Å². The largest absolute Gasteiger partial charge is 0.352 e. The molecule has 2 rings (SSSR count). The monoisotopic (exact) mass is 287 g/mol. The van der Waals surface area contributed by atoms with Crippen LogP contribution in [0.25, 0.3) is 0 Å². The van der Waals surface area contributed by atoms with Crippen molar-refractivity contribution in [3.8, 4) is 0 Å². The fraction of sp³-hybridized carbons (Fsp3) is 0.188. The number of hydrazine groups is 1. The second-order valence-corrected chi connectivity index (χ2v) is 4.81. The standard InChI is InChI=1S/C16H18FN3O/c1-11-10-14(20-18)6-7-15(11)16(21)19-9-8-12-2-4-13(17)5-3-12/h2-7,10,20H,8-9,18H2,1H3,(H,19,21). The molecule has 0 unspecified atom stereocenters. The molecular weight excluding hydrogens is 269 g/mol. The molecule has 0 saturated heterocycles. The Kier molecular flexibility index (Phi) is 4.90. The molecule has 0 heterocycles. The maximum atomic E-state index is 12.8. The molecule has 0 atom stereocenters. The number of rotatable bonds is 5. The van der Waals surface area contributed by atoms with E-state index in [0.717, 1.165) is 16.8 Å². The van der Waals surface area contributed by atoms with Crippen molar-refractivity contribution in [1.29, 1.82) is 0 Å². The van der Waals surface area contributed by atoms with Crippen molar-refractivity contribution in [3.05, 3.63) is 65.0 Å². The predicted octanol–water partition coefficient (Wildman–Crippen LogP) is 2.39. The van der Waals surface area contributed by atoms with Gasteiger partial charge in [0.05, 0.1) is 0 Å². The zero-order valence-corrected chi connectivity index (χ0v) is 11.8. The molecule has 0 aliphatic rings. The van der Waals surface area contributed by atoms with Gasteiger partial charge in [0, 0.05) is 17.8 Å². The third kappa shape index (κ3) is 4.03. The number of hydrogen-bond donors (Lipinski definition) is 3. The van der Waals surface area contributed by atoms with Crippen molar-refractivity contribution in [3.63, 3.8) is 0 Å². The fourth-order valence-corrected chi connectivity index (χ4v) is 2.07. The molecule has 0 bridgehead atoms. The molecule has 1 amide bonds. The molecule has 4 nitrogen and oxygen atoms in total. The molecule has 0 aromatic heterocycles. The summed E-state index contributed by atoms with van der Waals surface area (Å²) < 4.78 is 12.8. The summed E-state index contributed by atoms with van der Waals surface area (Å²) in [4.78, 5) is 12.1. The number of nitrogens with one attached hydrogen (secondary N) is 2. The second kappa shape index (κ2) is 6.85. The molecule has 0 spiro atoms. The molecular formula is C16H18FN3O. The van der Waals surface area contributed by atoms with E-state index in [2.05, 4.69) is 10.7 Å². The molecule has 2 aromatic rings. The molecule has 5 heteroatoms. The van der Waals surface area contributed by atoms with Crippen LogP contribution in [0.4, 0.5) is 10.1 Å². The summed E-state index contributed by atoms with van der Waals surface area (Å²) in [6.45, 7) is 2.36. The number of amides is 1. The lowest BCUT2D eigenvalue weighted by Crippen LogP contribution is -2.26. The first kappa shape index (κ1) is 15.0. The normalized spacial score (nSPS) is 10.2. The Morgan fingerprint density at radius 1 is 1.19 bits per heavy atom. The summed E-state index contributed by atoms with van der Waals surface area (Å²) in [5.41, 5.74) is 5.75. The summed E-state index contributed by atoms with van der Waals surface area (Å²) in [5.74, 6) is 4.94. The Bertz CT molecular complexity index is 626. The van der Waals surface area contributed by atoms with Gasteiger partial charge in [0.15, 0.2) is 0 Å². The minimum absolute atomic E-state index is 0.127. The molecule has 2 aromatic carbocycles. The molecule has 110 valence electrons. The lowest BCUT2D eigenvalue weighted by atomic mass is 10.1. The van der Waals surface area contributed by atoms with Crippen molar-refractivity contribution >= 4 is 11.6 Å². The van der Waals surface area contributed by atoms with Crippen LogP contribution < -0.4 is 16.6 Å². The van der Waals surface area contributed by atoms with Gasteiger partial charge in [-0.05, 0) is 54.8 Å². The number of nitrogens with two attached hydrogens (primary N) is 1. The van der Waals surface area contributed by atoms with Gasteiger partial charge < -0.3 is 10.7 Å². The van der Waals surface area contributed by atoms with Crippen molar-refractivity contribution in [2.45, 2.75) is 13.3 Å². The first-order chi connectivity index (χ1) is 10.1. The number of aryl methyl sites for hydroxylation is 1. The Morgan fingerprint density at radius 3 is 2.52 bits per heavy atom. The highest BCUT2D eigenvalue weighted by Crippen LogP contribution is 2.14. The highest BCUT2D eigenvalue weighted by Gasteiger charge is 2.08. The quantitative estimate of drug-likeness (QED) is 0.584. The van der Waals surface area contributed by atoms with E-state index in [9.17, 15) is 9.18 Å². The van der Waals surface area contributed by atoms with Gasteiger partial charge >= 0.3 is 0 Å². The van der Waals surface area contributed by atoms with Crippen LogP contribution in [0.2, 0.25) is 0 Å². The van der Waals surface area contributed by atoms with Gasteiger partial charge in [-0.15, -0.1) is 0 Å². The van der Waals surface area contributed by atoms with E-state index in [4.69, 9.17) is 5.84 Å². The molecule has 0 fully saturated rings. The lowest BCUT2D eigenvalue weighted by Gasteiger charge is -2.09. The highest BCUT2D eigenvalue weighted by molar-refractivity contribution is 5.96. The maximum absolute atomic E-state index is 12.8. The summed E-state index contributed by atoms with van der Waals surface area (Å²) in [7, 11) is 0. The van der Waals surface area contributed by atoms with Crippen molar-refractivity contribution in [2.75, 3.05) is 12.0 Å². The van der Waals surface area contributed by atoms with Gasteiger partial charge in [-0.2, -0.15) is 0 Å². The first-order valence-corrected chi connectivity index (χ1v) is 6.70. The zero-order valence-electron chi connectivity index (χ0n) is 11.8. The Labute approximate surface area is 123 Å². The number of nitrogen functional groups attached to an aromatic ring is 1. The molecule has 21 heavy (non-hydrogen) atoms. The number of carbonyl (C=O) groups excluding carboxylic acids is 1. The third-order valence-corrected chi connectivity index (χ3v) is 3.25. The van der Waals surface area contributed by atoms with Crippen LogP contribution in [0.5, 0.6) is 0 Å². The summed E-state index contributed by atoms with van der Waals surface area (Å²) in [6.07, 6.45) is 0.660. The van der Waals surface area contributed by atoms with Crippen LogP contribution in [-0.2, 0) is 6.42 Å². The van der Waals surface area contributed by atoms with Gasteiger partial charge in [0.25, 0.3) is 5.91 Å². The van der Waals surface area contributed by atoms with E-state index >= 15 is 0 Å². The minimum atomic E-state index is -0.257. The predicted molar refractivity (Wildman–Crippen MR) is 81.4 cm³/mol. The number of anilines is 1. The van der Waals surface area contributed by atoms with E-state index in [0.29, 0.717) is 18.5 Å². The van der Waals surface area contributed by atoms with Gasteiger partial charge in [0.2, 0.25) is 0 Å². The van der Waals surface area contributed by atoms with Crippen LogP contribution in [-0.4, -0.2) is 12.5 Å². The highest BCUT2D eigenvalue weighted by atomic mass is 19.1. The average molecular weight is 287 g/mol. The van der Waals surface area contributed by atoms with Crippen molar-refractivity contribution in [2.24, 2.45) is 5.84 Å². The fourth-order valence-electron chi connectivity index (χ4n) is 2.07. The Balaban J connectivity index is 1.91. The third-order valence-electron chi connectivity index (χ3n) is 3.25. The average Bonchev–Trinajstić information content (AvgIpc) is 2.49. The smallest absolute Gasteiger partial charge is 0.251 e. The van der Waals surface area contributed by atoms with Gasteiger partial charge in [-0.25, -0.2) is 4.39 Å². The van der Waals surface area contributed by atoms with Crippen molar-refractivity contribution in [1.82, 2.24) is 5.32 Å². The van der Waals surface area contributed by atoms with Crippen LogP contribution in [0, 0.1) is 12.7 Å². The number of halogens is 1. The molecule has 4 N–H and O–H groups in total. The van der Waals surface area contributed by atoms with Crippen LogP contribution >= 0.6 is 0 Å². The SMILES string of the molecule is Cc1cc(NN)ccc1C(=O)NCCc1ccc(F)cc1. The number of carbonyl (C=O) groups is 1. The number of benzene rings is 2. The van der Waals surface area contributed by atoms with E-state index in [1.807, 2.05) is 13.0 Å². The zero-order chi connectivity index (χ0) is 15.2. The van der Waals surface area contributed by atoms with Crippen LogP contribution in [0.3, 0.4) is 0 Å².